The van der Waals surface area contributed by atoms with Crippen LogP contribution in [0.15, 0.2) is 36.4 Å². The minimum atomic E-state index is -0.452. The summed E-state index contributed by atoms with van der Waals surface area (Å²) < 4.78 is 32.4. The van der Waals surface area contributed by atoms with E-state index in [0.29, 0.717) is 28.9 Å². The Kier molecular flexibility index (Phi) is 6.85. The molecule has 2 aromatic carbocycles. The van der Waals surface area contributed by atoms with Gasteiger partial charge in [0.25, 0.3) is 0 Å². The fraction of sp³-hybridized carbons (Fsp3) is 0.481. The molecule has 2 aliphatic heterocycles. The molecule has 0 atom stereocenters. The van der Waals surface area contributed by atoms with E-state index < -0.39 is 5.82 Å². The maximum absolute atomic E-state index is 14.0. The lowest BCUT2D eigenvalue weighted by atomic mass is 9.78. The van der Waals surface area contributed by atoms with Crippen molar-refractivity contribution in [1.82, 2.24) is 19.8 Å². The van der Waals surface area contributed by atoms with Crippen molar-refractivity contribution >= 4 is 16.9 Å². The standard InChI is InChI=1S/C27H33FN4O4/c1-18(2)29-25(33)13-32-23-8-6-20(36-10-4-9-31-14-27(15-31)16-35-17-27)12-22(23)30-26(32)19-5-7-21(28)24(11-19)34-3/h5-8,11-12,18H,4,9-10,13-17H2,1-3H3,(H,29,33). The summed E-state index contributed by atoms with van der Waals surface area (Å²) in [4.78, 5) is 19.9. The largest absolute Gasteiger partial charge is 0.494 e. The van der Waals surface area contributed by atoms with Crippen LogP contribution in [-0.4, -0.2) is 73.0 Å². The Labute approximate surface area is 210 Å². The summed E-state index contributed by atoms with van der Waals surface area (Å²) in [7, 11) is 1.42. The summed E-state index contributed by atoms with van der Waals surface area (Å²) >= 11 is 0. The first-order valence-electron chi connectivity index (χ1n) is 12.4. The summed E-state index contributed by atoms with van der Waals surface area (Å²) in [5, 5.41) is 2.92. The Balaban J connectivity index is 1.32. The van der Waals surface area contributed by atoms with Gasteiger partial charge in [-0.25, -0.2) is 9.37 Å². The van der Waals surface area contributed by atoms with Crippen molar-refractivity contribution in [3.63, 3.8) is 0 Å². The SMILES string of the molecule is COc1cc(-c2nc3cc(OCCCN4CC5(COC5)C4)ccc3n2CC(=O)NC(C)C)ccc1F. The van der Waals surface area contributed by atoms with Gasteiger partial charge in [-0.05, 0) is 50.6 Å². The van der Waals surface area contributed by atoms with Crippen molar-refractivity contribution in [2.24, 2.45) is 5.41 Å². The van der Waals surface area contributed by atoms with Crippen LogP contribution in [-0.2, 0) is 16.1 Å². The van der Waals surface area contributed by atoms with Crippen LogP contribution in [0.1, 0.15) is 20.3 Å². The van der Waals surface area contributed by atoms with Crippen LogP contribution in [0.3, 0.4) is 0 Å². The van der Waals surface area contributed by atoms with Gasteiger partial charge in [-0.3, -0.25) is 4.79 Å². The molecule has 9 heteroatoms. The van der Waals surface area contributed by atoms with Crippen molar-refractivity contribution in [1.29, 1.82) is 0 Å². The highest BCUT2D eigenvalue weighted by Crippen LogP contribution is 2.37. The van der Waals surface area contributed by atoms with Crippen molar-refractivity contribution in [3.8, 4) is 22.9 Å². The van der Waals surface area contributed by atoms with E-state index in [1.54, 1.807) is 12.1 Å². The zero-order valence-corrected chi connectivity index (χ0v) is 21.1. The van der Waals surface area contributed by atoms with Crippen molar-refractivity contribution < 1.29 is 23.4 Å². The van der Waals surface area contributed by atoms with Crippen LogP contribution in [0, 0.1) is 11.2 Å². The first kappa shape index (κ1) is 24.5. The summed E-state index contributed by atoms with van der Waals surface area (Å²) in [6.07, 6.45) is 0.944. The molecular weight excluding hydrogens is 463 g/mol. The van der Waals surface area contributed by atoms with E-state index >= 15 is 0 Å². The molecule has 1 aromatic heterocycles. The lowest BCUT2D eigenvalue weighted by Gasteiger charge is -2.55. The zero-order valence-electron chi connectivity index (χ0n) is 21.1. The van der Waals surface area contributed by atoms with Gasteiger partial charge in [-0.15, -0.1) is 0 Å². The molecule has 2 aliphatic rings. The fourth-order valence-corrected chi connectivity index (χ4v) is 5.00. The first-order valence-corrected chi connectivity index (χ1v) is 12.4. The average Bonchev–Trinajstić information content (AvgIpc) is 3.13. The summed E-state index contributed by atoms with van der Waals surface area (Å²) in [5.74, 6) is 0.841. The van der Waals surface area contributed by atoms with E-state index in [1.165, 1.54) is 13.2 Å². The van der Waals surface area contributed by atoms with Crippen LogP contribution in [0.4, 0.5) is 4.39 Å². The highest BCUT2D eigenvalue weighted by atomic mass is 19.1. The van der Waals surface area contributed by atoms with Crippen LogP contribution >= 0.6 is 0 Å². The molecule has 5 rings (SSSR count). The van der Waals surface area contributed by atoms with Crippen molar-refractivity contribution in [2.75, 3.05) is 46.6 Å². The highest BCUT2D eigenvalue weighted by molar-refractivity contribution is 5.85. The van der Waals surface area contributed by atoms with Crippen LogP contribution in [0.2, 0.25) is 0 Å². The summed E-state index contributed by atoms with van der Waals surface area (Å²) in [6.45, 7) is 9.60. The highest BCUT2D eigenvalue weighted by Gasteiger charge is 2.48. The number of nitrogens with one attached hydrogen (secondary N) is 1. The lowest BCUT2D eigenvalue weighted by Crippen LogP contribution is -2.65. The van der Waals surface area contributed by atoms with Crippen LogP contribution in [0.25, 0.3) is 22.4 Å². The number of halogens is 1. The molecule has 3 heterocycles. The fourth-order valence-electron chi connectivity index (χ4n) is 5.00. The Hall–Kier alpha value is -3.17. The normalized spacial score (nSPS) is 16.7. The number of carbonyl (C=O) groups excluding carboxylic acids is 1. The third-order valence-corrected chi connectivity index (χ3v) is 6.70. The first-order chi connectivity index (χ1) is 17.4. The van der Waals surface area contributed by atoms with Gasteiger partial charge in [-0.2, -0.15) is 0 Å². The number of methoxy groups -OCH3 is 1. The van der Waals surface area contributed by atoms with Gasteiger partial charge >= 0.3 is 0 Å². The van der Waals surface area contributed by atoms with Crippen molar-refractivity contribution in [2.45, 2.75) is 32.9 Å². The molecule has 1 amide bonds. The van der Waals surface area contributed by atoms with E-state index in [-0.39, 0.29) is 24.2 Å². The summed E-state index contributed by atoms with van der Waals surface area (Å²) in [6, 6.07) is 10.3. The number of nitrogens with zero attached hydrogens (tertiary/aromatic N) is 3. The number of hydrogen-bond acceptors (Lipinski definition) is 6. The molecule has 2 saturated heterocycles. The maximum Gasteiger partial charge on any atom is 0.240 e. The number of carbonyl (C=O) groups is 1. The Bertz CT molecular complexity index is 1250. The molecule has 1 spiro atoms. The number of fused-ring (bicyclic) bond motifs is 1. The molecule has 3 aromatic rings. The average molecular weight is 497 g/mol. The number of imidazole rings is 1. The number of amides is 1. The number of likely N-dealkylation sites (tertiary alicyclic amines) is 1. The zero-order chi connectivity index (χ0) is 25.3. The van der Waals surface area contributed by atoms with E-state index in [1.807, 2.05) is 36.6 Å². The molecular formula is C27H33FN4O4. The monoisotopic (exact) mass is 496 g/mol. The molecule has 36 heavy (non-hydrogen) atoms. The molecule has 1 N–H and O–H groups in total. The predicted molar refractivity (Wildman–Crippen MR) is 135 cm³/mol. The predicted octanol–water partition coefficient (Wildman–Crippen LogP) is 3.48. The molecule has 0 unspecified atom stereocenters. The third-order valence-electron chi connectivity index (χ3n) is 6.70. The lowest BCUT2D eigenvalue weighted by molar-refractivity contribution is -0.189. The molecule has 0 radical (unpaired) electrons. The second kappa shape index (κ2) is 10.1. The maximum atomic E-state index is 14.0. The van der Waals surface area contributed by atoms with Crippen LogP contribution < -0.4 is 14.8 Å². The molecule has 2 fully saturated rings. The van der Waals surface area contributed by atoms with Gasteiger partial charge in [0.15, 0.2) is 11.6 Å². The van der Waals surface area contributed by atoms with E-state index in [0.717, 1.165) is 50.5 Å². The van der Waals surface area contributed by atoms with Gasteiger partial charge in [-0.1, -0.05) is 0 Å². The Morgan fingerprint density at radius 1 is 1.22 bits per heavy atom. The number of aromatic nitrogens is 2. The molecule has 192 valence electrons. The quantitative estimate of drug-likeness (QED) is 0.433. The Morgan fingerprint density at radius 3 is 2.72 bits per heavy atom. The van der Waals surface area contributed by atoms with Gasteiger partial charge in [0.2, 0.25) is 5.91 Å². The van der Waals surface area contributed by atoms with E-state index in [2.05, 4.69) is 10.2 Å². The molecule has 0 aliphatic carbocycles. The number of benzene rings is 2. The minimum Gasteiger partial charge on any atom is -0.494 e. The van der Waals surface area contributed by atoms with Gasteiger partial charge < -0.3 is 29.0 Å². The Morgan fingerprint density at radius 2 is 2.03 bits per heavy atom. The summed E-state index contributed by atoms with van der Waals surface area (Å²) in [5.41, 5.74) is 2.60. The second-order valence-corrected chi connectivity index (χ2v) is 10.1. The molecule has 0 bridgehead atoms. The third kappa shape index (κ3) is 5.03. The smallest absolute Gasteiger partial charge is 0.240 e. The van der Waals surface area contributed by atoms with Gasteiger partial charge in [0.05, 0.1) is 38.0 Å². The second-order valence-electron chi connectivity index (χ2n) is 10.1. The van der Waals surface area contributed by atoms with E-state index in [9.17, 15) is 9.18 Å². The number of rotatable bonds is 10. The minimum absolute atomic E-state index is 0.0190. The van der Waals surface area contributed by atoms with Crippen LogP contribution in [0.5, 0.6) is 11.5 Å². The number of hydrogen-bond donors (Lipinski definition) is 1. The van der Waals surface area contributed by atoms with Gasteiger partial charge in [0.1, 0.15) is 18.1 Å². The topological polar surface area (TPSA) is 77.9 Å². The van der Waals surface area contributed by atoms with Gasteiger partial charge in [0, 0.05) is 42.7 Å². The van der Waals surface area contributed by atoms with E-state index in [4.69, 9.17) is 19.2 Å². The molecule has 0 saturated carbocycles. The number of ether oxygens (including phenoxy) is 3. The molecule has 8 nitrogen and oxygen atoms in total. The van der Waals surface area contributed by atoms with Crippen molar-refractivity contribution in [3.05, 3.63) is 42.2 Å².